The molecule has 0 spiro atoms. The first-order chi connectivity index (χ1) is 7.92. The van der Waals surface area contributed by atoms with Crippen LogP contribution in [-0.4, -0.2) is 36.4 Å². The maximum absolute atomic E-state index is 10.3. The lowest BCUT2D eigenvalue weighted by molar-refractivity contribution is 0.186. The largest absolute Gasteiger partial charge is 0.446 e. The first-order valence-electron chi connectivity index (χ1n) is 4.90. The zero-order chi connectivity index (χ0) is 13.3. The Bertz CT molecular complexity index is 395. The van der Waals surface area contributed by atoms with Crippen LogP contribution in [0.5, 0.6) is 5.75 Å². The third kappa shape index (κ3) is 8.64. The second-order valence-corrected chi connectivity index (χ2v) is 3.98. The first kappa shape index (κ1) is 15.9. The lowest BCUT2D eigenvalue weighted by atomic mass is 10.2. The Labute approximate surface area is 100 Å². The monoisotopic (exact) mass is 264 g/mol. The molecule has 0 amide bonds. The Hall–Kier alpha value is -1.15. The first-order valence-corrected chi connectivity index (χ1v) is 6.27. The summed E-state index contributed by atoms with van der Waals surface area (Å²) in [4.78, 5) is 0. The van der Waals surface area contributed by atoms with E-state index in [1.807, 2.05) is 6.92 Å². The van der Waals surface area contributed by atoms with Gasteiger partial charge in [-0.15, -0.1) is 0 Å². The molecule has 1 aromatic carbocycles. The highest BCUT2D eigenvalue weighted by Gasteiger charge is 2.05. The minimum atomic E-state index is -4.40. The van der Waals surface area contributed by atoms with Crippen molar-refractivity contribution in [2.24, 2.45) is 0 Å². The molecule has 0 aliphatic carbocycles. The predicted octanol–water partition coefficient (Wildman–Crippen LogP) is 0.402. The third-order valence-electron chi connectivity index (χ3n) is 1.63. The summed E-state index contributed by atoms with van der Waals surface area (Å²) in [5.74, 6) is 0.111. The molecule has 0 bridgehead atoms. The fourth-order valence-electron chi connectivity index (χ4n) is 0.902. The van der Waals surface area contributed by atoms with Gasteiger partial charge in [0.15, 0.2) is 0 Å². The van der Waals surface area contributed by atoms with Gasteiger partial charge in [0, 0.05) is 0 Å². The number of aryl methyl sites for hydroxylation is 1. The van der Waals surface area contributed by atoms with E-state index in [0.29, 0.717) is 0 Å². The molecule has 98 valence electrons. The van der Waals surface area contributed by atoms with Crippen LogP contribution in [-0.2, 0) is 16.8 Å². The average molecular weight is 264 g/mol. The van der Waals surface area contributed by atoms with E-state index in [9.17, 15) is 8.42 Å². The molecule has 0 saturated carbocycles. The van der Waals surface area contributed by atoms with Crippen LogP contribution in [0.4, 0.5) is 0 Å². The van der Waals surface area contributed by atoms with Gasteiger partial charge in [0.05, 0.1) is 13.2 Å². The molecule has 0 heterocycles. The molecule has 0 fully saturated rings. The zero-order valence-electron chi connectivity index (χ0n) is 9.41. The molecule has 0 radical (unpaired) electrons. The highest BCUT2D eigenvalue weighted by molar-refractivity contribution is 7.81. The summed E-state index contributed by atoms with van der Waals surface area (Å²) in [5, 5.41) is 15.2. The van der Waals surface area contributed by atoms with Crippen LogP contribution in [0.2, 0.25) is 0 Å². The van der Waals surface area contributed by atoms with Crippen LogP contribution in [0.3, 0.4) is 0 Å². The maximum atomic E-state index is 10.3. The van der Waals surface area contributed by atoms with Crippen LogP contribution in [0.1, 0.15) is 12.5 Å². The molecule has 7 heteroatoms. The summed E-state index contributed by atoms with van der Waals surface area (Å²) in [6, 6.07) is 6.46. The quantitative estimate of drug-likeness (QED) is 0.680. The number of hydrogen-bond acceptors (Lipinski definition) is 5. The highest BCUT2D eigenvalue weighted by Crippen LogP contribution is 2.13. The van der Waals surface area contributed by atoms with Crippen LogP contribution in [0, 0.1) is 0 Å². The second-order valence-electron chi connectivity index (χ2n) is 2.96. The van der Waals surface area contributed by atoms with Gasteiger partial charge in [0.1, 0.15) is 5.75 Å². The van der Waals surface area contributed by atoms with Gasteiger partial charge in [-0.05, 0) is 24.1 Å². The molecule has 3 N–H and O–H groups in total. The fourth-order valence-corrected chi connectivity index (χ4v) is 1.26. The molecule has 6 nitrogen and oxygen atoms in total. The molecule has 0 aromatic heterocycles. The maximum Gasteiger partial charge on any atom is 0.446 e. The van der Waals surface area contributed by atoms with Crippen molar-refractivity contribution >= 4 is 10.4 Å². The number of hydrogen-bond donors (Lipinski definition) is 3. The summed E-state index contributed by atoms with van der Waals surface area (Å²) in [5.41, 5.74) is 1.07. The van der Waals surface area contributed by atoms with Crippen LogP contribution < -0.4 is 4.18 Å². The van der Waals surface area contributed by atoms with Crippen LogP contribution in [0.15, 0.2) is 24.3 Å². The topological polar surface area (TPSA) is 104 Å². The van der Waals surface area contributed by atoms with Crippen LogP contribution >= 0.6 is 0 Å². The number of aliphatic hydroxyl groups is 2. The van der Waals surface area contributed by atoms with E-state index in [4.69, 9.17) is 14.8 Å². The fraction of sp³-hybridized carbons (Fsp3) is 0.400. The van der Waals surface area contributed by atoms with Gasteiger partial charge in [0.2, 0.25) is 0 Å². The minimum absolute atomic E-state index is 0.111. The molecule has 0 saturated heterocycles. The lowest BCUT2D eigenvalue weighted by Gasteiger charge is -2.01. The van der Waals surface area contributed by atoms with E-state index in [-0.39, 0.29) is 19.0 Å². The summed E-state index contributed by atoms with van der Waals surface area (Å²) in [6.07, 6.45) is 0.867. The van der Waals surface area contributed by atoms with Crippen molar-refractivity contribution in [2.75, 3.05) is 13.2 Å². The molecule has 0 atom stereocenters. The van der Waals surface area contributed by atoms with Gasteiger partial charge >= 0.3 is 10.4 Å². The van der Waals surface area contributed by atoms with Crippen molar-refractivity contribution in [2.45, 2.75) is 13.3 Å². The third-order valence-corrected chi connectivity index (χ3v) is 2.04. The number of aliphatic hydroxyl groups excluding tert-OH is 2. The smallest absolute Gasteiger partial charge is 0.394 e. The van der Waals surface area contributed by atoms with Gasteiger partial charge in [-0.25, -0.2) is 0 Å². The standard InChI is InChI=1S/C8H10O4S.C2H6O2/c1-2-7-3-5-8(6-4-7)12-13(9,10)11;3-1-2-4/h3-6H,2H2,1H3,(H,9,10,11);3-4H,1-2H2. The Balaban J connectivity index is 0.000000557. The van der Waals surface area contributed by atoms with Gasteiger partial charge < -0.3 is 14.4 Å². The Morgan fingerprint density at radius 2 is 1.59 bits per heavy atom. The lowest BCUT2D eigenvalue weighted by Crippen LogP contribution is -2.06. The normalized spacial score (nSPS) is 10.4. The summed E-state index contributed by atoms with van der Waals surface area (Å²) in [6.45, 7) is 1.73. The van der Waals surface area contributed by atoms with Crippen molar-refractivity contribution in [1.82, 2.24) is 0 Å². The van der Waals surface area contributed by atoms with E-state index in [0.717, 1.165) is 12.0 Å². The second kappa shape index (κ2) is 8.02. The van der Waals surface area contributed by atoms with Crippen molar-refractivity contribution in [3.05, 3.63) is 29.8 Å². The summed E-state index contributed by atoms with van der Waals surface area (Å²) >= 11 is 0. The molecule has 0 aliphatic heterocycles. The molecular weight excluding hydrogens is 248 g/mol. The zero-order valence-corrected chi connectivity index (χ0v) is 10.2. The number of rotatable bonds is 4. The van der Waals surface area contributed by atoms with Gasteiger partial charge in [-0.3, -0.25) is 4.55 Å². The molecule has 0 unspecified atom stereocenters. The van der Waals surface area contributed by atoms with E-state index in [1.165, 1.54) is 12.1 Å². The van der Waals surface area contributed by atoms with Gasteiger partial charge in [-0.1, -0.05) is 19.1 Å². The van der Waals surface area contributed by atoms with Crippen molar-refractivity contribution < 1.29 is 27.4 Å². The SMILES string of the molecule is CCc1ccc(OS(=O)(=O)O)cc1.OCCO. The molecular formula is C10H16O6S. The summed E-state index contributed by atoms with van der Waals surface area (Å²) in [7, 11) is -4.40. The van der Waals surface area contributed by atoms with Crippen LogP contribution in [0.25, 0.3) is 0 Å². The predicted molar refractivity (Wildman–Crippen MR) is 62.2 cm³/mol. The highest BCUT2D eigenvalue weighted by atomic mass is 32.3. The number of benzene rings is 1. The van der Waals surface area contributed by atoms with Crippen molar-refractivity contribution in [3.8, 4) is 5.75 Å². The minimum Gasteiger partial charge on any atom is -0.394 e. The van der Waals surface area contributed by atoms with Crippen molar-refractivity contribution in [3.63, 3.8) is 0 Å². The Morgan fingerprint density at radius 3 is 1.88 bits per heavy atom. The molecule has 1 rings (SSSR count). The van der Waals surface area contributed by atoms with E-state index >= 15 is 0 Å². The molecule has 1 aromatic rings. The van der Waals surface area contributed by atoms with E-state index < -0.39 is 10.4 Å². The summed E-state index contributed by atoms with van der Waals surface area (Å²) < 4.78 is 33.2. The van der Waals surface area contributed by atoms with E-state index in [2.05, 4.69) is 4.18 Å². The Morgan fingerprint density at radius 1 is 1.12 bits per heavy atom. The van der Waals surface area contributed by atoms with Gasteiger partial charge in [-0.2, -0.15) is 8.42 Å². The molecule has 17 heavy (non-hydrogen) atoms. The average Bonchev–Trinajstić information content (AvgIpc) is 2.28. The van der Waals surface area contributed by atoms with E-state index in [1.54, 1.807) is 12.1 Å². The van der Waals surface area contributed by atoms with Gasteiger partial charge in [0.25, 0.3) is 0 Å². The molecule has 0 aliphatic rings. The Kier molecular flexibility index (Phi) is 7.47. The van der Waals surface area contributed by atoms with Crippen molar-refractivity contribution in [1.29, 1.82) is 0 Å².